The first kappa shape index (κ1) is 13.9. The predicted octanol–water partition coefficient (Wildman–Crippen LogP) is -0.0520. The number of likely N-dealkylation sites (N-methyl/N-ethyl adjacent to an activating group) is 1. The number of nitrogens with zero attached hydrogens (tertiary/aromatic N) is 1. The molecule has 0 saturated heterocycles. The lowest BCUT2D eigenvalue weighted by molar-refractivity contribution is -0.149. The molecule has 1 atom stereocenters. The van der Waals surface area contributed by atoms with Gasteiger partial charge in [-0.15, -0.1) is 0 Å². The van der Waals surface area contributed by atoms with Crippen LogP contribution in [0.4, 0.5) is 0 Å². The van der Waals surface area contributed by atoms with Crippen molar-refractivity contribution in [3.8, 4) is 0 Å². The standard InChI is InChI=1S/C7H16N2O2.H3N/c1-4-6(8)11-7(10)5-9(2)3;/h6H,4-5,8H2,1-3H3;1H3. The summed E-state index contributed by atoms with van der Waals surface area (Å²) in [4.78, 5) is 12.6. The zero-order valence-electron chi connectivity index (χ0n) is 8.04. The van der Waals surface area contributed by atoms with Gasteiger partial charge in [0, 0.05) is 0 Å². The van der Waals surface area contributed by atoms with Crippen molar-refractivity contribution >= 4 is 5.97 Å². The summed E-state index contributed by atoms with van der Waals surface area (Å²) < 4.78 is 4.81. The van der Waals surface area contributed by atoms with E-state index in [1.54, 1.807) is 19.0 Å². The Kier molecular flexibility index (Phi) is 8.14. The predicted molar refractivity (Wildman–Crippen MR) is 47.9 cm³/mol. The lowest BCUT2D eigenvalue weighted by Gasteiger charge is -2.13. The first-order valence-electron chi connectivity index (χ1n) is 3.66. The van der Waals surface area contributed by atoms with Crippen molar-refractivity contribution < 1.29 is 9.53 Å². The van der Waals surface area contributed by atoms with Crippen molar-refractivity contribution in [1.29, 1.82) is 0 Å². The van der Waals surface area contributed by atoms with Crippen LogP contribution in [0.1, 0.15) is 13.3 Å². The maximum Gasteiger partial charge on any atom is 0.321 e. The van der Waals surface area contributed by atoms with E-state index in [1.807, 2.05) is 6.92 Å². The van der Waals surface area contributed by atoms with Crippen LogP contribution in [0.5, 0.6) is 0 Å². The van der Waals surface area contributed by atoms with Crippen LogP contribution < -0.4 is 11.9 Å². The molecule has 0 fully saturated rings. The molecule has 5 N–H and O–H groups in total. The molecule has 0 heterocycles. The molecule has 0 radical (unpaired) electrons. The second-order valence-corrected chi connectivity index (χ2v) is 2.67. The summed E-state index contributed by atoms with van der Waals surface area (Å²) in [6.07, 6.45) is 0.196. The third kappa shape index (κ3) is 7.46. The third-order valence-electron chi connectivity index (χ3n) is 1.13. The van der Waals surface area contributed by atoms with Gasteiger partial charge in [-0.25, -0.2) is 0 Å². The Balaban J connectivity index is 0. The van der Waals surface area contributed by atoms with E-state index in [2.05, 4.69) is 0 Å². The Bertz CT molecular complexity index is 128. The normalized spacial score (nSPS) is 12.1. The SMILES string of the molecule is CCC(N)OC(=O)CN(C)C.N. The molecular formula is C7H19N3O2. The Labute approximate surface area is 73.4 Å². The number of hydrogen-bond donors (Lipinski definition) is 2. The topological polar surface area (TPSA) is 90.6 Å². The van der Waals surface area contributed by atoms with Crippen molar-refractivity contribution in [3.05, 3.63) is 0 Å². The molecule has 0 bridgehead atoms. The molecule has 0 spiro atoms. The van der Waals surface area contributed by atoms with Crippen LogP contribution >= 0.6 is 0 Å². The summed E-state index contributed by atoms with van der Waals surface area (Å²) in [5.74, 6) is -0.274. The molecule has 0 aromatic carbocycles. The number of esters is 1. The second kappa shape index (κ2) is 7.02. The maximum absolute atomic E-state index is 10.9. The minimum Gasteiger partial charge on any atom is -0.446 e. The van der Waals surface area contributed by atoms with Gasteiger partial charge in [0.15, 0.2) is 6.23 Å². The molecule has 0 aromatic heterocycles. The molecule has 5 heteroatoms. The van der Waals surface area contributed by atoms with Gasteiger partial charge in [-0.2, -0.15) is 0 Å². The fourth-order valence-electron chi connectivity index (χ4n) is 0.548. The second-order valence-electron chi connectivity index (χ2n) is 2.67. The summed E-state index contributed by atoms with van der Waals surface area (Å²) in [5.41, 5.74) is 5.39. The zero-order chi connectivity index (χ0) is 8.85. The molecule has 0 amide bonds. The Morgan fingerprint density at radius 2 is 2.08 bits per heavy atom. The van der Waals surface area contributed by atoms with E-state index < -0.39 is 6.23 Å². The van der Waals surface area contributed by atoms with Crippen molar-refractivity contribution in [2.45, 2.75) is 19.6 Å². The first-order chi connectivity index (χ1) is 5.06. The summed E-state index contributed by atoms with van der Waals surface area (Å²) in [6.45, 7) is 2.15. The Morgan fingerprint density at radius 1 is 1.58 bits per heavy atom. The van der Waals surface area contributed by atoms with E-state index in [0.29, 0.717) is 6.42 Å². The highest BCUT2D eigenvalue weighted by atomic mass is 16.6. The van der Waals surface area contributed by atoms with Crippen LogP contribution in [0, 0.1) is 0 Å². The Hall–Kier alpha value is -0.650. The monoisotopic (exact) mass is 177 g/mol. The van der Waals surface area contributed by atoms with E-state index >= 15 is 0 Å². The highest BCUT2D eigenvalue weighted by Gasteiger charge is 2.07. The van der Waals surface area contributed by atoms with E-state index in [4.69, 9.17) is 10.5 Å². The summed E-state index contributed by atoms with van der Waals surface area (Å²) >= 11 is 0. The van der Waals surface area contributed by atoms with E-state index in [1.165, 1.54) is 0 Å². The van der Waals surface area contributed by atoms with Gasteiger partial charge in [0.1, 0.15) is 0 Å². The number of rotatable bonds is 4. The van der Waals surface area contributed by atoms with Crippen molar-refractivity contribution in [2.75, 3.05) is 20.6 Å². The molecule has 5 nitrogen and oxygen atoms in total. The van der Waals surface area contributed by atoms with Gasteiger partial charge in [-0.1, -0.05) is 6.92 Å². The fraction of sp³-hybridized carbons (Fsp3) is 0.857. The average Bonchev–Trinajstić information content (AvgIpc) is 1.85. The van der Waals surface area contributed by atoms with Gasteiger partial charge in [-0.05, 0) is 20.5 Å². The average molecular weight is 177 g/mol. The third-order valence-corrected chi connectivity index (χ3v) is 1.13. The van der Waals surface area contributed by atoms with Gasteiger partial charge in [-0.3, -0.25) is 15.4 Å². The maximum atomic E-state index is 10.9. The van der Waals surface area contributed by atoms with E-state index in [0.717, 1.165) is 0 Å². The highest BCUT2D eigenvalue weighted by Crippen LogP contribution is 1.90. The van der Waals surface area contributed by atoms with Crippen LogP contribution in [-0.2, 0) is 9.53 Å². The molecule has 12 heavy (non-hydrogen) atoms. The van der Waals surface area contributed by atoms with E-state index in [9.17, 15) is 4.79 Å². The van der Waals surface area contributed by atoms with Gasteiger partial charge >= 0.3 is 5.97 Å². The fourth-order valence-corrected chi connectivity index (χ4v) is 0.548. The molecule has 0 aliphatic rings. The number of nitrogens with two attached hydrogens (primary N) is 1. The lowest BCUT2D eigenvalue weighted by atomic mass is 10.4. The van der Waals surface area contributed by atoms with Gasteiger partial charge in [0.25, 0.3) is 0 Å². The molecule has 0 aliphatic carbocycles. The van der Waals surface area contributed by atoms with Crippen molar-refractivity contribution in [2.24, 2.45) is 5.73 Å². The number of hydrogen-bond acceptors (Lipinski definition) is 5. The van der Waals surface area contributed by atoms with E-state index in [-0.39, 0.29) is 18.7 Å². The van der Waals surface area contributed by atoms with Gasteiger partial charge in [0.2, 0.25) is 0 Å². The largest absolute Gasteiger partial charge is 0.446 e. The molecule has 0 rings (SSSR count). The van der Waals surface area contributed by atoms with Crippen LogP contribution in [0.15, 0.2) is 0 Å². The molecule has 74 valence electrons. The zero-order valence-corrected chi connectivity index (χ0v) is 8.04. The lowest BCUT2D eigenvalue weighted by Crippen LogP contribution is -2.31. The Morgan fingerprint density at radius 3 is 2.42 bits per heavy atom. The molecule has 1 unspecified atom stereocenters. The molecular weight excluding hydrogens is 158 g/mol. The summed E-state index contributed by atoms with van der Waals surface area (Å²) in [5, 5.41) is 0. The van der Waals surface area contributed by atoms with Gasteiger partial charge in [0.05, 0.1) is 6.54 Å². The minimum absolute atomic E-state index is 0. The number of carbonyl (C=O) groups is 1. The van der Waals surface area contributed by atoms with Crippen molar-refractivity contribution in [3.63, 3.8) is 0 Å². The van der Waals surface area contributed by atoms with Crippen LogP contribution in [0.3, 0.4) is 0 Å². The molecule has 0 aromatic rings. The minimum atomic E-state index is -0.456. The highest BCUT2D eigenvalue weighted by molar-refractivity contribution is 5.71. The van der Waals surface area contributed by atoms with Crippen LogP contribution in [-0.4, -0.2) is 37.7 Å². The summed E-state index contributed by atoms with van der Waals surface area (Å²) in [6, 6.07) is 0. The quantitative estimate of drug-likeness (QED) is 0.464. The van der Waals surface area contributed by atoms with Crippen molar-refractivity contribution in [1.82, 2.24) is 11.1 Å². The molecule has 0 saturated carbocycles. The summed E-state index contributed by atoms with van der Waals surface area (Å²) in [7, 11) is 3.61. The van der Waals surface area contributed by atoms with Gasteiger partial charge < -0.3 is 10.9 Å². The number of carbonyl (C=O) groups excluding carboxylic acids is 1. The number of ether oxygens (including phenoxy) is 1. The smallest absolute Gasteiger partial charge is 0.321 e. The first-order valence-corrected chi connectivity index (χ1v) is 3.66. The molecule has 0 aliphatic heterocycles. The van der Waals surface area contributed by atoms with Crippen LogP contribution in [0.2, 0.25) is 0 Å². The van der Waals surface area contributed by atoms with Crippen LogP contribution in [0.25, 0.3) is 0 Å².